The fourth-order valence-corrected chi connectivity index (χ4v) is 3.55. The van der Waals surface area contributed by atoms with E-state index in [9.17, 15) is 9.90 Å². The van der Waals surface area contributed by atoms with Gasteiger partial charge in [0.25, 0.3) is 0 Å². The molecule has 2 aromatic rings. The van der Waals surface area contributed by atoms with Gasteiger partial charge in [-0.15, -0.1) is 0 Å². The molecule has 6 heteroatoms. The summed E-state index contributed by atoms with van der Waals surface area (Å²) in [6.45, 7) is 3.53. The highest BCUT2D eigenvalue weighted by molar-refractivity contribution is 5.76. The lowest BCUT2D eigenvalue weighted by Crippen LogP contribution is -2.32. The van der Waals surface area contributed by atoms with Gasteiger partial charge < -0.3 is 24.8 Å². The van der Waals surface area contributed by atoms with E-state index in [1.165, 1.54) is 12.8 Å². The molecule has 1 amide bonds. The van der Waals surface area contributed by atoms with Crippen LogP contribution in [0.5, 0.6) is 17.2 Å². The van der Waals surface area contributed by atoms with E-state index in [0.717, 1.165) is 37.4 Å². The van der Waals surface area contributed by atoms with Crippen LogP contribution in [0.15, 0.2) is 48.5 Å². The number of benzene rings is 2. The minimum absolute atomic E-state index is 0.0435. The molecule has 1 atom stereocenters. The Hall–Kier alpha value is -2.73. The lowest BCUT2D eigenvalue weighted by Gasteiger charge is -2.23. The third-order valence-corrected chi connectivity index (χ3v) is 5.22. The summed E-state index contributed by atoms with van der Waals surface area (Å²) in [6, 6.07) is 14.3. The standard InChI is InChI=1S/C23H30N2O4/c1-28-20-8-10-21(11-9-20)29-17-13-23(27)24-22(12-16-25-14-2-3-15-25)18-4-6-19(26)7-5-18/h4-11,22,26H,2-3,12-17H2,1H3,(H,24,27). The van der Waals surface area contributed by atoms with Gasteiger partial charge >= 0.3 is 0 Å². The molecule has 0 bridgehead atoms. The number of ether oxygens (including phenoxy) is 2. The van der Waals surface area contributed by atoms with Gasteiger partial charge in [0.2, 0.25) is 5.91 Å². The molecule has 1 fully saturated rings. The average Bonchev–Trinajstić information content (AvgIpc) is 3.26. The van der Waals surface area contributed by atoms with Crippen LogP contribution in [0.25, 0.3) is 0 Å². The summed E-state index contributed by atoms with van der Waals surface area (Å²) in [5.74, 6) is 1.66. The van der Waals surface area contributed by atoms with Gasteiger partial charge in [0.05, 0.1) is 26.2 Å². The van der Waals surface area contributed by atoms with E-state index in [1.54, 1.807) is 19.2 Å². The van der Waals surface area contributed by atoms with Crippen LogP contribution >= 0.6 is 0 Å². The Labute approximate surface area is 172 Å². The molecule has 0 aliphatic carbocycles. The first-order valence-corrected chi connectivity index (χ1v) is 10.2. The molecular weight excluding hydrogens is 368 g/mol. The second kappa shape index (κ2) is 10.7. The smallest absolute Gasteiger partial charge is 0.223 e. The number of amides is 1. The largest absolute Gasteiger partial charge is 0.508 e. The first-order chi connectivity index (χ1) is 14.1. The van der Waals surface area contributed by atoms with E-state index in [-0.39, 0.29) is 24.1 Å². The van der Waals surface area contributed by atoms with Crippen molar-refractivity contribution in [3.05, 3.63) is 54.1 Å². The van der Waals surface area contributed by atoms with Crippen molar-refractivity contribution < 1.29 is 19.4 Å². The number of likely N-dealkylation sites (tertiary alicyclic amines) is 1. The van der Waals surface area contributed by atoms with Gasteiger partial charge in [0.15, 0.2) is 0 Å². The molecule has 0 saturated carbocycles. The number of hydrogen-bond donors (Lipinski definition) is 2. The summed E-state index contributed by atoms with van der Waals surface area (Å²) in [7, 11) is 1.62. The molecule has 0 aromatic heterocycles. The van der Waals surface area contributed by atoms with Crippen LogP contribution in [0, 0.1) is 0 Å². The Morgan fingerprint density at radius 2 is 1.72 bits per heavy atom. The van der Waals surface area contributed by atoms with Gasteiger partial charge in [-0.05, 0) is 74.3 Å². The highest BCUT2D eigenvalue weighted by atomic mass is 16.5. The number of nitrogens with zero attached hydrogens (tertiary/aromatic N) is 1. The number of nitrogens with one attached hydrogen (secondary N) is 1. The van der Waals surface area contributed by atoms with Crippen molar-refractivity contribution in [1.29, 1.82) is 0 Å². The minimum Gasteiger partial charge on any atom is -0.508 e. The van der Waals surface area contributed by atoms with E-state index < -0.39 is 0 Å². The van der Waals surface area contributed by atoms with Crippen molar-refractivity contribution in [2.24, 2.45) is 0 Å². The van der Waals surface area contributed by atoms with Crippen molar-refractivity contribution in [2.45, 2.75) is 31.7 Å². The summed E-state index contributed by atoms with van der Waals surface area (Å²) >= 11 is 0. The summed E-state index contributed by atoms with van der Waals surface area (Å²) in [5, 5.41) is 12.7. The van der Waals surface area contributed by atoms with Crippen molar-refractivity contribution >= 4 is 5.91 Å². The van der Waals surface area contributed by atoms with Gasteiger partial charge in [-0.1, -0.05) is 12.1 Å². The van der Waals surface area contributed by atoms with Gasteiger partial charge in [-0.3, -0.25) is 4.79 Å². The van der Waals surface area contributed by atoms with Crippen molar-refractivity contribution in [3.63, 3.8) is 0 Å². The summed E-state index contributed by atoms with van der Waals surface area (Å²) in [6.07, 6.45) is 3.62. The zero-order valence-corrected chi connectivity index (χ0v) is 17.0. The minimum atomic E-state index is -0.0790. The number of methoxy groups -OCH3 is 1. The molecule has 2 N–H and O–H groups in total. The van der Waals surface area contributed by atoms with Crippen LogP contribution in [0.1, 0.15) is 37.3 Å². The SMILES string of the molecule is COc1ccc(OCCC(=O)NC(CCN2CCCC2)c2ccc(O)cc2)cc1. The monoisotopic (exact) mass is 398 g/mol. The summed E-state index contributed by atoms with van der Waals surface area (Å²) < 4.78 is 10.8. The Morgan fingerprint density at radius 3 is 2.38 bits per heavy atom. The predicted molar refractivity (Wildman–Crippen MR) is 112 cm³/mol. The Balaban J connectivity index is 1.51. The third kappa shape index (κ3) is 6.68. The maximum atomic E-state index is 12.5. The van der Waals surface area contributed by atoms with E-state index in [1.807, 2.05) is 36.4 Å². The first kappa shape index (κ1) is 21.0. The topological polar surface area (TPSA) is 71.0 Å². The second-order valence-corrected chi connectivity index (χ2v) is 7.32. The van der Waals surface area contributed by atoms with E-state index in [0.29, 0.717) is 12.4 Å². The van der Waals surface area contributed by atoms with Crippen LogP contribution in [0.2, 0.25) is 0 Å². The van der Waals surface area contributed by atoms with Crippen LogP contribution in [-0.2, 0) is 4.79 Å². The Morgan fingerprint density at radius 1 is 1.07 bits per heavy atom. The molecule has 1 heterocycles. The zero-order chi connectivity index (χ0) is 20.5. The molecule has 1 aliphatic rings. The van der Waals surface area contributed by atoms with Crippen molar-refractivity contribution in [3.8, 4) is 17.2 Å². The molecule has 6 nitrogen and oxygen atoms in total. The van der Waals surface area contributed by atoms with Crippen LogP contribution in [0.4, 0.5) is 0 Å². The number of phenols is 1. The molecule has 1 saturated heterocycles. The third-order valence-electron chi connectivity index (χ3n) is 5.22. The quantitative estimate of drug-likeness (QED) is 0.641. The molecule has 1 aliphatic heterocycles. The highest BCUT2D eigenvalue weighted by Gasteiger charge is 2.18. The van der Waals surface area contributed by atoms with Crippen LogP contribution < -0.4 is 14.8 Å². The first-order valence-electron chi connectivity index (χ1n) is 10.2. The van der Waals surface area contributed by atoms with Gasteiger partial charge in [0, 0.05) is 6.54 Å². The number of phenolic OH excluding ortho intramolecular Hbond substituents is 1. The van der Waals surface area contributed by atoms with Crippen LogP contribution in [0.3, 0.4) is 0 Å². The number of aromatic hydroxyl groups is 1. The Bertz CT molecular complexity index is 755. The lowest BCUT2D eigenvalue weighted by atomic mass is 10.0. The maximum Gasteiger partial charge on any atom is 0.223 e. The number of carbonyl (C=O) groups excluding carboxylic acids is 1. The van der Waals surface area contributed by atoms with Crippen LogP contribution in [-0.4, -0.2) is 49.3 Å². The van der Waals surface area contributed by atoms with Crippen molar-refractivity contribution in [2.75, 3.05) is 33.4 Å². The fourth-order valence-electron chi connectivity index (χ4n) is 3.55. The summed E-state index contributed by atoms with van der Waals surface area (Å²) in [4.78, 5) is 14.9. The summed E-state index contributed by atoms with van der Waals surface area (Å²) in [5.41, 5.74) is 1.01. The van der Waals surface area contributed by atoms with Gasteiger partial charge in [-0.25, -0.2) is 0 Å². The molecule has 156 valence electrons. The molecule has 0 spiro atoms. The van der Waals surface area contributed by atoms with E-state index in [2.05, 4.69) is 10.2 Å². The second-order valence-electron chi connectivity index (χ2n) is 7.32. The fraction of sp³-hybridized carbons (Fsp3) is 0.435. The molecule has 2 aromatic carbocycles. The predicted octanol–water partition coefficient (Wildman–Crippen LogP) is 3.51. The molecule has 3 rings (SSSR count). The van der Waals surface area contributed by atoms with Gasteiger partial charge in [-0.2, -0.15) is 0 Å². The molecule has 1 unspecified atom stereocenters. The van der Waals surface area contributed by atoms with E-state index >= 15 is 0 Å². The highest BCUT2D eigenvalue weighted by Crippen LogP contribution is 2.22. The molecule has 29 heavy (non-hydrogen) atoms. The number of rotatable bonds is 10. The van der Waals surface area contributed by atoms with E-state index in [4.69, 9.17) is 9.47 Å². The van der Waals surface area contributed by atoms with Crippen molar-refractivity contribution in [1.82, 2.24) is 10.2 Å². The normalized spacial score (nSPS) is 15.1. The zero-order valence-electron chi connectivity index (χ0n) is 17.0. The number of carbonyl (C=O) groups is 1. The Kier molecular flexibility index (Phi) is 7.76. The lowest BCUT2D eigenvalue weighted by molar-refractivity contribution is -0.122. The molecule has 0 radical (unpaired) electrons. The average molecular weight is 399 g/mol. The van der Waals surface area contributed by atoms with Gasteiger partial charge in [0.1, 0.15) is 17.2 Å². The molecular formula is C23H30N2O4. The number of hydrogen-bond acceptors (Lipinski definition) is 5. The maximum absolute atomic E-state index is 12.5.